The number of unbranched alkanes of at least 4 members (excludes halogenated alkanes) is 14. The fraction of sp³-hybridized carbons (Fsp3) is 0.806. The van der Waals surface area contributed by atoms with E-state index in [1.54, 1.807) is 0 Å². The van der Waals surface area contributed by atoms with E-state index >= 15 is 0 Å². The van der Waals surface area contributed by atoms with Crippen molar-refractivity contribution in [1.29, 1.82) is 0 Å². The highest BCUT2D eigenvalue weighted by molar-refractivity contribution is 6.10. The highest BCUT2D eigenvalue weighted by atomic mass is 16.4. The van der Waals surface area contributed by atoms with Crippen LogP contribution in [-0.4, -0.2) is 45.2 Å². The first kappa shape index (κ1) is 34.7. The van der Waals surface area contributed by atoms with E-state index in [1.165, 1.54) is 25.7 Å². The number of Topliss-reactive ketones (excluding diaryl/α,β-unsaturated/α-hetero) is 2. The molecule has 0 aliphatic heterocycles. The van der Waals surface area contributed by atoms with Gasteiger partial charge in [0.1, 0.15) is 6.10 Å². The van der Waals surface area contributed by atoms with Gasteiger partial charge in [0.15, 0.2) is 11.6 Å². The van der Waals surface area contributed by atoms with Crippen LogP contribution < -0.4 is 0 Å². The van der Waals surface area contributed by atoms with Crippen LogP contribution in [0.15, 0.2) is 24.3 Å². The fourth-order valence-electron chi connectivity index (χ4n) is 4.31. The Kier molecular flexibility index (Phi) is 23.2. The quantitative estimate of drug-likeness (QED) is 0.0654. The molecule has 1 atom stereocenters. The van der Waals surface area contributed by atoms with Gasteiger partial charge in [-0.3, -0.25) is 9.59 Å². The van der Waals surface area contributed by atoms with Crippen molar-refractivity contribution < 1.29 is 24.9 Å². The van der Waals surface area contributed by atoms with Crippen LogP contribution in [0.2, 0.25) is 0 Å². The van der Waals surface area contributed by atoms with Gasteiger partial charge in [0.2, 0.25) is 5.60 Å². The molecule has 0 spiro atoms. The molecule has 36 heavy (non-hydrogen) atoms. The molecule has 0 saturated heterocycles. The van der Waals surface area contributed by atoms with Crippen molar-refractivity contribution in [2.75, 3.05) is 6.61 Å². The van der Waals surface area contributed by atoms with Gasteiger partial charge in [-0.2, -0.15) is 0 Å². The summed E-state index contributed by atoms with van der Waals surface area (Å²) >= 11 is 0. The molecule has 0 bridgehead atoms. The third-order valence-electron chi connectivity index (χ3n) is 6.84. The molecule has 1 unspecified atom stereocenters. The van der Waals surface area contributed by atoms with Crippen LogP contribution in [0.4, 0.5) is 0 Å². The molecule has 0 saturated carbocycles. The molecule has 3 N–H and O–H groups in total. The highest BCUT2D eigenvalue weighted by Gasteiger charge is 2.48. The minimum Gasteiger partial charge on any atom is -0.394 e. The Morgan fingerprint density at radius 2 is 0.944 bits per heavy atom. The van der Waals surface area contributed by atoms with E-state index in [0.717, 1.165) is 77.0 Å². The Morgan fingerprint density at radius 3 is 1.31 bits per heavy atom. The molecule has 0 radical (unpaired) electrons. The third kappa shape index (κ3) is 16.4. The first-order valence-corrected chi connectivity index (χ1v) is 14.8. The SMILES string of the molecule is CCCC/C=C\CCCCCCCC(=O)C(O)(C(=O)CCCCCCC/C=C\CCCC)C(O)CO. The molecule has 5 heteroatoms. The van der Waals surface area contributed by atoms with Gasteiger partial charge in [0.05, 0.1) is 6.61 Å². The van der Waals surface area contributed by atoms with Crippen LogP contribution in [0.3, 0.4) is 0 Å². The van der Waals surface area contributed by atoms with Gasteiger partial charge in [0.25, 0.3) is 0 Å². The number of allylic oxidation sites excluding steroid dienone is 4. The van der Waals surface area contributed by atoms with Gasteiger partial charge in [-0.25, -0.2) is 0 Å². The molecule has 0 aromatic carbocycles. The summed E-state index contributed by atoms with van der Waals surface area (Å²) in [6.45, 7) is 3.57. The number of rotatable bonds is 26. The summed E-state index contributed by atoms with van der Waals surface area (Å²) in [5.41, 5.74) is -2.48. The average Bonchev–Trinajstić information content (AvgIpc) is 2.88. The van der Waals surface area contributed by atoms with Gasteiger partial charge in [-0.1, -0.05) is 102 Å². The number of ketones is 2. The largest absolute Gasteiger partial charge is 0.394 e. The van der Waals surface area contributed by atoms with Crippen molar-refractivity contribution in [3.63, 3.8) is 0 Å². The molecule has 0 aromatic rings. The summed E-state index contributed by atoms with van der Waals surface area (Å²) in [5.74, 6) is -1.33. The Balaban J connectivity index is 4.19. The molecule has 0 fully saturated rings. The van der Waals surface area contributed by atoms with Crippen molar-refractivity contribution in [2.24, 2.45) is 0 Å². The molecule has 5 nitrogen and oxygen atoms in total. The van der Waals surface area contributed by atoms with E-state index in [-0.39, 0.29) is 12.8 Å². The van der Waals surface area contributed by atoms with Gasteiger partial charge in [-0.05, 0) is 51.4 Å². The first-order chi connectivity index (χ1) is 17.4. The van der Waals surface area contributed by atoms with Crippen molar-refractivity contribution in [1.82, 2.24) is 0 Å². The predicted octanol–water partition coefficient (Wildman–Crippen LogP) is 7.16. The van der Waals surface area contributed by atoms with Gasteiger partial charge in [0, 0.05) is 12.8 Å². The second kappa shape index (κ2) is 24.1. The fourth-order valence-corrected chi connectivity index (χ4v) is 4.31. The Bertz CT molecular complexity index is 552. The standard InChI is InChI=1S/C31H56O5/c1-3-5-7-9-11-13-15-17-19-21-23-25-28(33)31(36,30(35)27-32)29(34)26-24-22-20-18-16-14-12-10-8-6-4-2/h9-12,30,32,35-36H,3-8,13-27H2,1-2H3/b11-9-,12-10-. The minimum absolute atomic E-state index is 0.0436. The van der Waals surface area contributed by atoms with Crippen LogP contribution in [-0.2, 0) is 9.59 Å². The summed E-state index contributed by atoms with van der Waals surface area (Å²) in [6.07, 6.45) is 25.9. The minimum atomic E-state index is -2.48. The number of carbonyl (C=O) groups is 2. The molecule has 0 aromatic heterocycles. The highest BCUT2D eigenvalue weighted by Crippen LogP contribution is 2.22. The second-order valence-corrected chi connectivity index (χ2v) is 10.2. The maximum absolute atomic E-state index is 12.7. The van der Waals surface area contributed by atoms with Crippen molar-refractivity contribution in [3.8, 4) is 0 Å². The molecule has 0 aliphatic rings. The number of carbonyl (C=O) groups excluding carboxylic acids is 2. The lowest BCUT2D eigenvalue weighted by Crippen LogP contribution is -2.57. The zero-order valence-electron chi connectivity index (χ0n) is 23.4. The number of hydrogen-bond acceptors (Lipinski definition) is 5. The van der Waals surface area contributed by atoms with Crippen LogP contribution in [0.25, 0.3) is 0 Å². The van der Waals surface area contributed by atoms with E-state index in [2.05, 4.69) is 38.2 Å². The Morgan fingerprint density at radius 1 is 0.611 bits per heavy atom. The maximum atomic E-state index is 12.7. The van der Waals surface area contributed by atoms with Crippen molar-refractivity contribution in [3.05, 3.63) is 24.3 Å². The molecule has 0 heterocycles. The summed E-state index contributed by atoms with van der Waals surface area (Å²) < 4.78 is 0. The van der Waals surface area contributed by atoms with E-state index < -0.39 is 29.9 Å². The summed E-state index contributed by atoms with van der Waals surface area (Å²) in [4.78, 5) is 25.4. The van der Waals surface area contributed by atoms with Gasteiger partial charge >= 0.3 is 0 Å². The summed E-state index contributed by atoms with van der Waals surface area (Å²) in [7, 11) is 0. The topological polar surface area (TPSA) is 94.8 Å². The zero-order chi connectivity index (χ0) is 26.9. The van der Waals surface area contributed by atoms with Gasteiger partial charge < -0.3 is 15.3 Å². The average molecular weight is 509 g/mol. The molecule has 0 rings (SSSR count). The number of aliphatic hydroxyl groups is 3. The lowest BCUT2D eigenvalue weighted by atomic mass is 9.82. The second-order valence-electron chi connectivity index (χ2n) is 10.2. The monoisotopic (exact) mass is 508 g/mol. The summed E-state index contributed by atoms with van der Waals surface area (Å²) in [6, 6.07) is 0. The van der Waals surface area contributed by atoms with Crippen molar-refractivity contribution >= 4 is 11.6 Å². The number of aliphatic hydroxyl groups excluding tert-OH is 2. The predicted molar refractivity (Wildman–Crippen MR) is 150 cm³/mol. The normalized spacial score (nSPS) is 13.1. The third-order valence-corrected chi connectivity index (χ3v) is 6.84. The molecular formula is C31H56O5. The first-order valence-electron chi connectivity index (χ1n) is 14.8. The smallest absolute Gasteiger partial charge is 0.209 e. The molecular weight excluding hydrogens is 452 g/mol. The maximum Gasteiger partial charge on any atom is 0.209 e. The van der Waals surface area contributed by atoms with E-state index in [9.17, 15) is 24.9 Å². The van der Waals surface area contributed by atoms with E-state index in [0.29, 0.717) is 12.8 Å². The van der Waals surface area contributed by atoms with Crippen LogP contribution in [0, 0.1) is 0 Å². The van der Waals surface area contributed by atoms with Crippen molar-refractivity contribution in [2.45, 2.75) is 154 Å². The summed E-state index contributed by atoms with van der Waals surface area (Å²) in [5, 5.41) is 30.3. The van der Waals surface area contributed by atoms with Crippen LogP contribution >= 0.6 is 0 Å². The lowest BCUT2D eigenvalue weighted by molar-refractivity contribution is -0.166. The lowest BCUT2D eigenvalue weighted by Gasteiger charge is -2.29. The molecule has 0 aliphatic carbocycles. The van der Waals surface area contributed by atoms with Crippen LogP contribution in [0.1, 0.15) is 142 Å². The number of hydrogen-bond donors (Lipinski definition) is 3. The Hall–Kier alpha value is -1.30. The Labute approximate surface area is 221 Å². The molecule has 0 amide bonds. The van der Waals surface area contributed by atoms with E-state index in [1.807, 2.05) is 0 Å². The zero-order valence-corrected chi connectivity index (χ0v) is 23.4. The van der Waals surface area contributed by atoms with E-state index in [4.69, 9.17) is 0 Å². The molecule has 210 valence electrons. The van der Waals surface area contributed by atoms with Crippen LogP contribution in [0.5, 0.6) is 0 Å². The van der Waals surface area contributed by atoms with Gasteiger partial charge in [-0.15, -0.1) is 0 Å².